The van der Waals surface area contributed by atoms with Gasteiger partial charge in [0.15, 0.2) is 0 Å². The summed E-state index contributed by atoms with van der Waals surface area (Å²) < 4.78 is 6.26. The number of halogens is 1. The largest absolute Gasteiger partial charge is 0.487 e. The van der Waals surface area contributed by atoms with Gasteiger partial charge in [-0.2, -0.15) is 0 Å². The molecule has 0 aromatic heterocycles. The lowest BCUT2D eigenvalue weighted by molar-refractivity contribution is -0.137. The van der Waals surface area contributed by atoms with E-state index >= 15 is 0 Å². The van der Waals surface area contributed by atoms with E-state index in [2.05, 4.69) is 6.92 Å². The molecule has 0 bridgehead atoms. The Hall–Kier alpha value is -3.31. The molecular formula is C27H26ClNO4. The van der Waals surface area contributed by atoms with E-state index in [-0.39, 0.29) is 18.9 Å². The Morgan fingerprint density at radius 1 is 1.03 bits per heavy atom. The van der Waals surface area contributed by atoms with Crippen LogP contribution in [0.4, 0.5) is 0 Å². The number of carboxylic acids is 1. The predicted octanol–water partition coefficient (Wildman–Crippen LogP) is 5.39. The third-order valence-corrected chi connectivity index (χ3v) is 6.03. The van der Waals surface area contributed by atoms with Crippen LogP contribution in [0.2, 0.25) is 5.02 Å². The molecule has 0 fully saturated rings. The number of amides is 1. The van der Waals surface area contributed by atoms with Crippen LogP contribution in [0.1, 0.15) is 40.4 Å². The van der Waals surface area contributed by atoms with Crippen LogP contribution in [0.25, 0.3) is 0 Å². The molecule has 1 aliphatic rings. The minimum Gasteiger partial charge on any atom is -0.487 e. The Balaban J connectivity index is 1.52. The summed E-state index contributed by atoms with van der Waals surface area (Å²) in [4.78, 5) is 26.1. The van der Waals surface area contributed by atoms with E-state index in [9.17, 15) is 9.59 Å². The van der Waals surface area contributed by atoms with Gasteiger partial charge in [0.25, 0.3) is 5.91 Å². The van der Waals surface area contributed by atoms with Crippen molar-refractivity contribution in [3.63, 3.8) is 0 Å². The number of rotatable bonds is 8. The molecule has 4 rings (SSSR count). The number of hydrogen-bond donors (Lipinski definition) is 1. The van der Waals surface area contributed by atoms with Gasteiger partial charge >= 0.3 is 5.97 Å². The van der Waals surface area contributed by atoms with Crippen LogP contribution >= 0.6 is 11.6 Å². The number of ether oxygens (including phenoxy) is 1. The Morgan fingerprint density at radius 3 is 2.52 bits per heavy atom. The third-order valence-electron chi connectivity index (χ3n) is 5.79. The van der Waals surface area contributed by atoms with Crippen molar-refractivity contribution in [2.45, 2.75) is 38.3 Å². The van der Waals surface area contributed by atoms with Crippen molar-refractivity contribution in [3.8, 4) is 5.75 Å². The zero-order chi connectivity index (χ0) is 23.4. The number of benzene rings is 3. The number of carbonyl (C=O) groups is 2. The lowest BCUT2D eigenvalue weighted by atomic mass is 9.91. The molecule has 5 nitrogen and oxygen atoms in total. The maximum atomic E-state index is 13.3. The van der Waals surface area contributed by atoms with Gasteiger partial charge in [-0.05, 0) is 53.9 Å². The van der Waals surface area contributed by atoms with Gasteiger partial charge in [0.1, 0.15) is 11.4 Å². The number of carbonyl (C=O) groups excluding carboxylic acids is 1. The standard InChI is InChI=1S/C27H26ClNO4/c1-27(16-20-8-5-9-23(28)14-20)17-22-15-21(10-11-24(22)33-27)26(32)29(13-12-25(30)31)18-19-6-3-2-4-7-19/h2-11,14-15H,12-13,16-18H2,1H3,(H,30,31). The first-order chi connectivity index (χ1) is 15.8. The second-order valence-corrected chi connectivity index (χ2v) is 9.15. The number of aliphatic carboxylic acids is 1. The van der Waals surface area contributed by atoms with E-state index in [0.29, 0.717) is 30.0 Å². The molecular weight excluding hydrogens is 438 g/mol. The molecule has 1 amide bonds. The van der Waals surface area contributed by atoms with Crippen molar-refractivity contribution < 1.29 is 19.4 Å². The molecule has 0 spiro atoms. The molecule has 6 heteroatoms. The minimum absolute atomic E-state index is 0.107. The summed E-state index contributed by atoms with van der Waals surface area (Å²) in [6.07, 6.45) is 1.26. The zero-order valence-corrected chi connectivity index (χ0v) is 19.2. The molecule has 33 heavy (non-hydrogen) atoms. The number of fused-ring (bicyclic) bond motifs is 1. The third kappa shape index (κ3) is 5.74. The summed E-state index contributed by atoms with van der Waals surface area (Å²) in [5.41, 5.74) is 3.13. The monoisotopic (exact) mass is 463 g/mol. The molecule has 1 unspecified atom stereocenters. The van der Waals surface area contributed by atoms with Gasteiger partial charge in [0.05, 0.1) is 6.42 Å². The van der Waals surface area contributed by atoms with E-state index in [0.717, 1.165) is 22.4 Å². The predicted molar refractivity (Wildman–Crippen MR) is 128 cm³/mol. The van der Waals surface area contributed by atoms with Crippen molar-refractivity contribution in [3.05, 3.63) is 100 Å². The van der Waals surface area contributed by atoms with Crippen molar-refractivity contribution in [1.29, 1.82) is 0 Å². The summed E-state index contributed by atoms with van der Waals surface area (Å²) in [5, 5.41) is 9.83. The quantitative estimate of drug-likeness (QED) is 0.486. The van der Waals surface area contributed by atoms with Crippen LogP contribution in [0, 0.1) is 0 Å². The lowest BCUT2D eigenvalue weighted by Gasteiger charge is -2.24. The highest BCUT2D eigenvalue weighted by molar-refractivity contribution is 6.30. The Morgan fingerprint density at radius 2 is 1.79 bits per heavy atom. The molecule has 0 saturated heterocycles. The molecule has 3 aromatic carbocycles. The van der Waals surface area contributed by atoms with Gasteiger partial charge in [0, 0.05) is 36.5 Å². The Bertz CT molecular complexity index is 1160. The first-order valence-electron chi connectivity index (χ1n) is 10.9. The highest BCUT2D eigenvalue weighted by atomic mass is 35.5. The van der Waals surface area contributed by atoms with E-state index in [1.54, 1.807) is 11.0 Å². The van der Waals surface area contributed by atoms with Crippen LogP contribution in [-0.2, 0) is 24.2 Å². The molecule has 0 radical (unpaired) electrons. The number of hydrogen-bond acceptors (Lipinski definition) is 3. The fraction of sp³-hybridized carbons (Fsp3) is 0.259. The molecule has 1 heterocycles. The lowest BCUT2D eigenvalue weighted by Crippen LogP contribution is -2.33. The molecule has 1 aliphatic heterocycles. The van der Waals surface area contributed by atoms with Gasteiger partial charge < -0.3 is 14.7 Å². The van der Waals surface area contributed by atoms with E-state index in [1.807, 2.05) is 66.7 Å². The Kier molecular flexibility index (Phi) is 6.70. The minimum atomic E-state index is -0.931. The van der Waals surface area contributed by atoms with Crippen LogP contribution in [-0.4, -0.2) is 34.0 Å². The van der Waals surface area contributed by atoms with E-state index < -0.39 is 11.6 Å². The van der Waals surface area contributed by atoms with Gasteiger partial charge in [-0.25, -0.2) is 0 Å². The summed E-state index contributed by atoms with van der Waals surface area (Å²) in [6, 6.07) is 22.8. The first kappa shape index (κ1) is 22.9. The van der Waals surface area contributed by atoms with Crippen molar-refractivity contribution >= 4 is 23.5 Å². The maximum Gasteiger partial charge on any atom is 0.305 e. The summed E-state index contributed by atoms with van der Waals surface area (Å²) in [7, 11) is 0. The summed E-state index contributed by atoms with van der Waals surface area (Å²) >= 11 is 6.13. The fourth-order valence-electron chi connectivity index (χ4n) is 4.30. The van der Waals surface area contributed by atoms with Crippen LogP contribution in [0.5, 0.6) is 5.75 Å². The van der Waals surface area contributed by atoms with E-state index in [4.69, 9.17) is 21.4 Å². The summed E-state index contributed by atoms with van der Waals surface area (Å²) in [5.74, 6) is -0.345. The number of nitrogens with zero attached hydrogens (tertiary/aromatic N) is 1. The molecule has 0 aliphatic carbocycles. The molecule has 1 atom stereocenters. The van der Waals surface area contributed by atoms with E-state index in [1.165, 1.54) is 0 Å². The molecule has 1 N–H and O–H groups in total. The van der Waals surface area contributed by atoms with Gasteiger partial charge in [-0.1, -0.05) is 54.1 Å². The first-order valence-corrected chi connectivity index (χ1v) is 11.3. The van der Waals surface area contributed by atoms with Crippen LogP contribution < -0.4 is 4.74 Å². The molecule has 170 valence electrons. The Labute approximate surface area is 198 Å². The zero-order valence-electron chi connectivity index (χ0n) is 18.5. The average Bonchev–Trinajstić information content (AvgIpc) is 3.11. The second-order valence-electron chi connectivity index (χ2n) is 8.71. The molecule has 0 saturated carbocycles. The van der Waals surface area contributed by atoms with Crippen molar-refractivity contribution in [2.75, 3.05) is 6.54 Å². The normalized spacial score (nSPS) is 16.7. The highest BCUT2D eigenvalue weighted by Crippen LogP contribution is 2.38. The van der Waals surface area contributed by atoms with Gasteiger partial charge in [-0.15, -0.1) is 0 Å². The topological polar surface area (TPSA) is 66.8 Å². The number of carboxylic acid groups (broad SMARTS) is 1. The fourth-order valence-corrected chi connectivity index (χ4v) is 4.51. The molecule has 3 aromatic rings. The average molecular weight is 464 g/mol. The second kappa shape index (κ2) is 9.67. The van der Waals surface area contributed by atoms with Gasteiger partial charge in [0.2, 0.25) is 0 Å². The van der Waals surface area contributed by atoms with Crippen LogP contribution in [0.3, 0.4) is 0 Å². The summed E-state index contributed by atoms with van der Waals surface area (Å²) in [6.45, 7) is 2.56. The SMILES string of the molecule is CC1(Cc2cccc(Cl)c2)Cc2cc(C(=O)N(CCC(=O)O)Cc3ccccc3)ccc2O1. The van der Waals surface area contributed by atoms with Crippen LogP contribution in [0.15, 0.2) is 72.8 Å². The maximum absolute atomic E-state index is 13.3. The highest BCUT2D eigenvalue weighted by Gasteiger charge is 2.35. The van der Waals surface area contributed by atoms with Crippen molar-refractivity contribution in [2.24, 2.45) is 0 Å². The van der Waals surface area contributed by atoms with Gasteiger partial charge in [-0.3, -0.25) is 9.59 Å². The van der Waals surface area contributed by atoms with Crippen molar-refractivity contribution in [1.82, 2.24) is 4.90 Å². The smallest absolute Gasteiger partial charge is 0.305 e.